The first-order chi connectivity index (χ1) is 14.0. The monoisotopic (exact) mass is 394 g/mol. The van der Waals surface area contributed by atoms with Crippen LogP contribution in [-0.4, -0.2) is 25.7 Å². The number of ether oxygens (including phenoxy) is 4. The van der Waals surface area contributed by atoms with Crippen molar-refractivity contribution in [3.63, 3.8) is 0 Å². The van der Waals surface area contributed by atoms with Gasteiger partial charge in [0.1, 0.15) is 12.4 Å². The predicted molar refractivity (Wildman–Crippen MR) is 109 cm³/mol. The number of rotatable bonds is 7. The Hall–Kier alpha value is -3.54. The van der Waals surface area contributed by atoms with Crippen LogP contribution in [0.25, 0.3) is 10.8 Å². The van der Waals surface area contributed by atoms with Gasteiger partial charge in [0.25, 0.3) is 0 Å². The van der Waals surface area contributed by atoms with Crippen molar-refractivity contribution in [2.75, 3.05) is 13.7 Å². The van der Waals surface area contributed by atoms with Crippen LogP contribution in [0, 0.1) is 0 Å². The number of benzene rings is 3. The smallest absolute Gasteiger partial charge is 0.338 e. The summed E-state index contributed by atoms with van der Waals surface area (Å²) in [6, 6.07) is 16.3. The highest BCUT2D eigenvalue weighted by atomic mass is 16.5. The second kappa shape index (κ2) is 9.10. The molecule has 0 aliphatic rings. The third kappa shape index (κ3) is 4.66. The first-order valence-electron chi connectivity index (χ1n) is 9.20. The first-order valence-corrected chi connectivity index (χ1v) is 9.20. The molecule has 0 spiro atoms. The van der Waals surface area contributed by atoms with Crippen LogP contribution in [0.15, 0.2) is 54.6 Å². The van der Waals surface area contributed by atoms with Crippen molar-refractivity contribution in [1.82, 2.24) is 0 Å². The fourth-order valence-corrected chi connectivity index (χ4v) is 2.96. The van der Waals surface area contributed by atoms with Crippen LogP contribution in [0.1, 0.15) is 29.8 Å². The van der Waals surface area contributed by atoms with E-state index in [1.54, 1.807) is 32.2 Å². The summed E-state index contributed by atoms with van der Waals surface area (Å²) >= 11 is 0. The molecule has 0 N–H and O–H groups in total. The molecule has 0 fully saturated rings. The van der Waals surface area contributed by atoms with Gasteiger partial charge in [-0.15, -0.1) is 0 Å². The van der Waals surface area contributed by atoms with Crippen molar-refractivity contribution in [1.29, 1.82) is 0 Å². The Morgan fingerprint density at radius 2 is 1.69 bits per heavy atom. The molecule has 3 rings (SSSR count). The molecule has 0 atom stereocenters. The molecule has 0 aromatic heterocycles. The average molecular weight is 394 g/mol. The van der Waals surface area contributed by atoms with Crippen molar-refractivity contribution >= 4 is 22.7 Å². The van der Waals surface area contributed by atoms with Crippen LogP contribution in [0.4, 0.5) is 0 Å². The molecule has 0 heterocycles. The molecule has 0 aliphatic heterocycles. The Bertz CT molecular complexity index is 1030. The van der Waals surface area contributed by atoms with Crippen LogP contribution in [0.2, 0.25) is 0 Å². The number of hydrogen-bond acceptors (Lipinski definition) is 6. The average Bonchev–Trinajstić information content (AvgIpc) is 2.72. The van der Waals surface area contributed by atoms with Crippen molar-refractivity contribution in [2.24, 2.45) is 0 Å². The number of methoxy groups -OCH3 is 1. The molecule has 0 bridgehead atoms. The van der Waals surface area contributed by atoms with Gasteiger partial charge in [0.15, 0.2) is 11.5 Å². The number of carbonyl (C=O) groups is 2. The van der Waals surface area contributed by atoms with E-state index >= 15 is 0 Å². The van der Waals surface area contributed by atoms with E-state index in [-0.39, 0.29) is 17.9 Å². The lowest BCUT2D eigenvalue weighted by atomic mass is 10.0. The third-order valence-electron chi connectivity index (χ3n) is 4.22. The molecular formula is C23H22O6. The zero-order valence-corrected chi connectivity index (χ0v) is 16.6. The molecule has 0 radical (unpaired) electrons. The molecule has 0 amide bonds. The first kappa shape index (κ1) is 20.2. The zero-order valence-electron chi connectivity index (χ0n) is 16.6. The molecule has 6 nitrogen and oxygen atoms in total. The highest BCUT2D eigenvalue weighted by Crippen LogP contribution is 2.40. The van der Waals surface area contributed by atoms with E-state index in [0.717, 1.165) is 5.56 Å². The van der Waals surface area contributed by atoms with Gasteiger partial charge in [-0.05, 0) is 36.8 Å². The molecule has 29 heavy (non-hydrogen) atoms. The highest BCUT2D eigenvalue weighted by molar-refractivity contribution is 6.02. The maximum atomic E-state index is 12.3. The normalized spacial score (nSPS) is 10.4. The lowest BCUT2D eigenvalue weighted by Crippen LogP contribution is -2.08. The van der Waals surface area contributed by atoms with Crippen LogP contribution >= 0.6 is 0 Å². The minimum atomic E-state index is -0.514. The maximum absolute atomic E-state index is 12.3. The largest absolute Gasteiger partial charge is 0.493 e. The molecule has 150 valence electrons. The fraction of sp³-hybridized carbons (Fsp3) is 0.217. The van der Waals surface area contributed by atoms with Gasteiger partial charge in [-0.25, -0.2) is 4.79 Å². The van der Waals surface area contributed by atoms with E-state index in [0.29, 0.717) is 28.9 Å². The summed E-state index contributed by atoms with van der Waals surface area (Å²) in [5, 5.41) is 1.21. The van der Waals surface area contributed by atoms with Crippen molar-refractivity contribution < 1.29 is 28.5 Å². The second-order valence-electron chi connectivity index (χ2n) is 6.25. The lowest BCUT2D eigenvalue weighted by Gasteiger charge is -2.16. The summed E-state index contributed by atoms with van der Waals surface area (Å²) in [6.07, 6.45) is 0. The molecular weight excluding hydrogens is 372 g/mol. The molecule has 0 saturated heterocycles. The minimum Gasteiger partial charge on any atom is -0.493 e. The Morgan fingerprint density at radius 3 is 2.34 bits per heavy atom. The fourth-order valence-electron chi connectivity index (χ4n) is 2.96. The van der Waals surface area contributed by atoms with Crippen LogP contribution in [0.3, 0.4) is 0 Å². The standard InChI is InChI=1S/C23H22O6/c1-4-27-23(25)17-12-19-18(21(13-17)29-15(2)24)10-11-20(26-3)22(19)28-14-16-8-6-5-7-9-16/h5-13H,4,14H2,1-3H3. The van der Waals surface area contributed by atoms with Crippen molar-refractivity contribution in [3.8, 4) is 17.2 Å². The Morgan fingerprint density at radius 1 is 0.931 bits per heavy atom. The van der Waals surface area contributed by atoms with Crippen LogP contribution in [-0.2, 0) is 16.1 Å². The molecule has 0 saturated carbocycles. The van der Waals surface area contributed by atoms with Gasteiger partial charge in [-0.1, -0.05) is 30.3 Å². The summed E-state index contributed by atoms with van der Waals surface area (Å²) in [7, 11) is 1.54. The van der Waals surface area contributed by atoms with Gasteiger partial charge in [0.05, 0.1) is 19.3 Å². The van der Waals surface area contributed by atoms with Gasteiger partial charge < -0.3 is 18.9 Å². The van der Waals surface area contributed by atoms with E-state index in [1.165, 1.54) is 13.0 Å². The third-order valence-corrected chi connectivity index (χ3v) is 4.22. The molecule has 6 heteroatoms. The molecule has 0 aliphatic carbocycles. The predicted octanol–water partition coefficient (Wildman–Crippen LogP) is 4.53. The summed E-state index contributed by atoms with van der Waals surface area (Å²) in [5.74, 6) is 0.205. The van der Waals surface area contributed by atoms with Gasteiger partial charge in [0.2, 0.25) is 0 Å². The molecule has 3 aromatic rings. The van der Waals surface area contributed by atoms with E-state index in [2.05, 4.69) is 0 Å². The summed E-state index contributed by atoms with van der Waals surface area (Å²) in [6.45, 7) is 3.57. The van der Waals surface area contributed by atoms with E-state index in [1.807, 2.05) is 30.3 Å². The lowest BCUT2D eigenvalue weighted by molar-refractivity contribution is -0.131. The summed E-state index contributed by atoms with van der Waals surface area (Å²) in [5.41, 5.74) is 1.24. The Labute approximate surface area is 169 Å². The summed E-state index contributed by atoms with van der Waals surface area (Å²) in [4.78, 5) is 23.9. The molecule has 0 unspecified atom stereocenters. The summed E-state index contributed by atoms with van der Waals surface area (Å²) < 4.78 is 22.0. The topological polar surface area (TPSA) is 71.1 Å². The van der Waals surface area contributed by atoms with Gasteiger partial charge in [-0.3, -0.25) is 4.79 Å². The second-order valence-corrected chi connectivity index (χ2v) is 6.25. The van der Waals surface area contributed by atoms with Crippen molar-refractivity contribution in [3.05, 3.63) is 65.7 Å². The number of esters is 2. The van der Waals surface area contributed by atoms with E-state index in [9.17, 15) is 9.59 Å². The van der Waals surface area contributed by atoms with Gasteiger partial charge in [0, 0.05) is 17.7 Å². The SMILES string of the molecule is CCOC(=O)c1cc(OC(C)=O)c2ccc(OC)c(OCc3ccccc3)c2c1. The van der Waals surface area contributed by atoms with Crippen LogP contribution in [0.5, 0.6) is 17.2 Å². The van der Waals surface area contributed by atoms with Gasteiger partial charge in [-0.2, -0.15) is 0 Å². The van der Waals surface area contributed by atoms with Crippen LogP contribution < -0.4 is 14.2 Å². The Kier molecular flexibility index (Phi) is 6.34. The van der Waals surface area contributed by atoms with E-state index in [4.69, 9.17) is 18.9 Å². The Balaban J connectivity index is 2.14. The van der Waals surface area contributed by atoms with Gasteiger partial charge >= 0.3 is 11.9 Å². The zero-order chi connectivity index (χ0) is 20.8. The quantitative estimate of drug-likeness (QED) is 0.433. The highest BCUT2D eigenvalue weighted by Gasteiger charge is 2.19. The van der Waals surface area contributed by atoms with E-state index < -0.39 is 11.9 Å². The number of hydrogen-bond donors (Lipinski definition) is 0. The molecule has 3 aromatic carbocycles. The minimum absolute atomic E-state index is 0.231. The number of carbonyl (C=O) groups excluding carboxylic acids is 2. The van der Waals surface area contributed by atoms with Crippen molar-refractivity contribution in [2.45, 2.75) is 20.5 Å². The number of fused-ring (bicyclic) bond motifs is 1. The maximum Gasteiger partial charge on any atom is 0.338 e.